The highest BCUT2D eigenvalue weighted by Gasteiger charge is 2.37. The van der Waals surface area contributed by atoms with Gasteiger partial charge in [0, 0.05) is 23.5 Å². The molecule has 2 aromatic rings. The Labute approximate surface area is 178 Å². The summed E-state index contributed by atoms with van der Waals surface area (Å²) in [5.41, 5.74) is 3.29. The van der Waals surface area contributed by atoms with E-state index in [1.807, 2.05) is 39.0 Å². The van der Waals surface area contributed by atoms with Crippen LogP contribution >= 0.6 is 0 Å². The first-order valence-electron chi connectivity index (χ1n) is 10.5. The first-order chi connectivity index (χ1) is 14.3. The van der Waals surface area contributed by atoms with Gasteiger partial charge < -0.3 is 19.7 Å². The van der Waals surface area contributed by atoms with Gasteiger partial charge in [-0.15, -0.1) is 0 Å². The quantitative estimate of drug-likeness (QED) is 0.731. The summed E-state index contributed by atoms with van der Waals surface area (Å²) < 4.78 is 24.8. The lowest BCUT2D eigenvalue weighted by atomic mass is 9.87. The van der Waals surface area contributed by atoms with Crippen molar-refractivity contribution >= 4 is 5.91 Å². The first kappa shape index (κ1) is 22.1. The summed E-state index contributed by atoms with van der Waals surface area (Å²) in [5, 5.41) is 3.18. The first-order valence-corrected chi connectivity index (χ1v) is 10.5. The Morgan fingerprint density at radius 3 is 2.50 bits per heavy atom. The smallest absolute Gasteiger partial charge is 0.222 e. The molecular weight excluding hydrogens is 383 g/mol. The zero-order valence-electron chi connectivity index (χ0n) is 18.4. The van der Waals surface area contributed by atoms with Crippen molar-refractivity contribution in [1.29, 1.82) is 0 Å². The Kier molecular flexibility index (Phi) is 6.98. The van der Waals surface area contributed by atoms with Gasteiger partial charge >= 0.3 is 0 Å². The highest BCUT2D eigenvalue weighted by Crippen LogP contribution is 2.35. The molecule has 0 fully saturated rings. The maximum absolute atomic E-state index is 13.8. The molecule has 6 heteroatoms. The Balaban J connectivity index is 1.99. The van der Waals surface area contributed by atoms with E-state index in [4.69, 9.17) is 9.47 Å². The molecule has 162 valence electrons. The molecule has 30 heavy (non-hydrogen) atoms. The van der Waals surface area contributed by atoms with Crippen LogP contribution in [-0.2, 0) is 17.8 Å². The largest absolute Gasteiger partial charge is 0.493 e. The number of fused-ring (bicyclic) bond motifs is 1. The molecular formula is C24H32FN2O3+. The van der Waals surface area contributed by atoms with E-state index < -0.39 is 0 Å². The van der Waals surface area contributed by atoms with Crippen LogP contribution < -0.4 is 19.7 Å². The minimum absolute atomic E-state index is 0.0134. The molecule has 0 saturated carbocycles. The molecule has 5 nitrogen and oxygen atoms in total. The molecule has 0 saturated heterocycles. The number of carbonyl (C=O) groups is 1. The van der Waals surface area contributed by atoms with E-state index >= 15 is 0 Å². The van der Waals surface area contributed by atoms with Crippen molar-refractivity contribution in [3.63, 3.8) is 0 Å². The summed E-state index contributed by atoms with van der Waals surface area (Å²) in [6.45, 7) is 7.39. The Hall–Kier alpha value is -2.60. The average molecular weight is 416 g/mol. The molecule has 1 heterocycles. The molecule has 3 atom stereocenters. The molecule has 0 aliphatic carbocycles. The second kappa shape index (κ2) is 9.47. The number of nitrogens with one attached hydrogen (secondary N) is 2. The van der Waals surface area contributed by atoms with Gasteiger partial charge in [0.05, 0.1) is 26.8 Å². The molecule has 3 rings (SSSR count). The number of rotatable bonds is 7. The van der Waals surface area contributed by atoms with Crippen molar-refractivity contribution in [2.75, 3.05) is 20.8 Å². The van der Waals surface area contributed by atoms with Crippen LogP contribution in [0.2, 0.25) is 0 Å². The topological polar surface area (TPSA) is 52.0 Å². The van der Waals surface area contributed by atoms with Crippen LogP contribution in [-0.4, -0.2) is 32.7 Å². The molecule has 1 aliphatic heterocycles. The van der Waals surface area contributed by atoms with Crippen molar-refractivity contribution in [3.05, 3.63) is 58.9 Å². The molecule has 2 N–H and O–H groups in total. The van der Waals surface area contributed by atoms with E-state index in [0.29, 0.717) is 18.0 Å². The van der Waals surface area contributed by atoms with E-state index in [9.17, 15) is 9.18 Å². The predicted octanol–water partition coefficient (Wildman–Crippen LogP) is 2.69. The minimum Gasteiger partial charge on any atom is -0.493 e. The van der Waals surface area contributed by atoms with Gasteiger partial charge in [-0.2, -0.15) is 0 Å². The van der Waals surface area contributed by atoms with Crippen molar-refractivity contribution in [3.8, 4) is 11.5 Å². The van der Waals surface area contributed by atoms with E-state index in [1.54, 1.807) is 26.4 Å². The fourth-order valence-corrected chi connectivity index (χ4v) is 4.32. The Morgan fingerprint density at radius 2 is 1.87 bits per heavy atom. The lowest BCUT2D eigenvalue weighted by Crippen LogP contribution is -3.13. The van der Waals surface area contributed by atoms with Gasteiger partial charge in [-0.3, -0.25) is 4.79 Å². The summed E-state index contributed by atoms with van der Waals surface area (Å²) in [5.74, 6) is 1.10. The third-order valence-corrected chi connectivity index (χ3v) is 5.85. The van der Waals surface area contributed by atoms with Crippen LogP contribution in [0.25, 0.3) is 0 Å². The lowest BCUT2D eigenvalue weighted by molar-refractivity contribution is -0.948. The van der Waals surface area contributed by atoms with E-state index in [2.05, 4.69) is 5.32 Å². The SMILES string of the molecule is COc1cc2c(cc1OC)[C@H]([C@H](C)NC(=O)C(C)C)[NH+](Cc1cccc(F)c1)CC2. The Morgan fingerprint density at radius 1 is 1.17 bits per heavy atom. The highest BCUT2D eigenvalue weighted by atomic mass is 19.1. The second-order valence-electron chi connectivity index (χ2n) is 8.30. The predicted molar refractivity (Wildman–Crippen MR) is 114 cm³/mol. The van der Waals surface area contributed by atoms with Crippen molar-refractivity contribution in [2.24, 2.45) is 5.92 Å². The van der Waals surface area contributed by atoms with Crippen LogP contribution in [0.4, 0.5) is 4.39 Å². The fraction of sp³-hybridized carbons (Fsp3) is 0.458. The van der Waals surface area contributed by atoms with Crippen LogP contribution in [0, 0.1) is 11.7 Å². The number of carbonyl (C=O) groups excluding carboxylic acids is 1. The fourth-order valence-electron chi connectivity index (χ4n) is 4.32. The maximum Gasteiger partial charge on any atom is 0.222 e. The van der Waals surface area contributed by atoms with E-state index in [1.165, 1.54) is 16.5 Å². The summed E-state index contributed by atoms with van der Waals surface area (Å²) in [7, 11) is 3.26. The van der Waals surface area contributed by atoms with E-state index in [0.717, 1.165) is 24.1 Å². The van der Waals surface area contributed by atoms with Crippen LogP contribution in [0.5, 0.6) is 11.5 Å². The number of halogens is 1. The molecule has 0 bridgehead atoms. The Bertz CT molecular complexity index is 900. The number of amides is 1. The van der Waals surface area contributed by atoms with Crippen LogP contribution in [0.1, 0.15) is 43.5 Å². The average Bonchev–Trinajstić information content (AvgIpc) is 2.72. The maximum atomic E-state index is 13.8. The standard InChI is InChI=1S/C24H31FN2O3/c1-15(2)24(28)26-16(3)23-20-13-22(30-5)21(29-4)12-18(20)9-10-27(23)14-17-7-6-8-19(25)11-17/h6-8,11-13,15-16,23H,9-10,14H2,1-5H3,(H,26,28)/p+1/t16-,23-/m0/s1. The van der Waals surface area contributed by atoms with Gasteiger partial charge in [0.1, 0.15) is 18.4 Å². The zero-order valence-corrected chi connectivity index (χ0v) is 18.4. The van der Waals surface area contributed by atoms with Crippen LogP contribution in [0.3, 0.4) is 0 Å². The summed E-state index contributed by atoms with van der Waals surface area (Å²) >= 11 is 0. The molecule has 1 unspecified atom stereocenters. The number of methoxy groups -OCH3 is 2. The second-order valence-corrected chi connectivity index (χ2v) is 8.30. The summed E-state index contributed by atoms with van der Waals surface area (Å²) in [6, 6.07) is 10.7. The summed E-state index contributed by atoms with van der Waals surface area (Å²) in [6.07, 6.45) is 0.877. The minimum atomic E-state index is -0.228. The van der Waals surface area contributed by atoms with Gasteiger partial charge in [0.25, 0.3) is 0 Å². The molecule has 0 aromatic heterocycles. The number of hydrogen-bond acceptors (Lipinski definition) is 3. The normalized spacial score (nSPS) is 19.2. The third-order valence-electron chi connectivity index (χ3n) is 5.85. The monoisotopic (exact) mass is 415 g/mol. The lowest BCUT2D eigenvalue weighted by Gasteiger charge is -2.38. The van der Waals surface area contributed by atoms with Crippen LogP contribution in [0.15, 0.2) is 36.4 Å². The van der Waals surface area contributed by atoms with Gasteiger partial charge in [0.2, 0.25) is 5.91 Å². The third kappa shape index (κ3) is 4.75. The molecule has 1 aliphatic rings. The molecule has 0 radical (unpaired) electrons. The zero-order chi connectivity index (χ0) is 21.8. The molecule has 1 amide bonds. The van der Waals surface area contributed by atoms with Gasteiger partial charge in [-0.25, -0.2) is 4.39 Å². The van der Waals surface area contributed by atoms with Crippen molar-refractivity contribution in [2.45, 2.75) is 45.8 Å². The molecule has 0 spiro atoms. The van der Waals surface area contributed by atoms with Gasteiger partial charge in [-0.1, -0.05) is 26.0 Å². The van der Waals surface area contributed by atoms with Crippen molar-refractivity contribution < 1.29 is 23.6 Å². The summed E-state index contributed by atoms with van der Waals surface area (Å²) in [4.78, 5) is 13.7. The highest BCUT2D eigenvalue weighted by molar-refractivity contribution is 5.78. The number of quaternary nitrogens is 1. The molecule has 2 aromatic carbocycles. The number of benzene rings is 2. The van der Waals surface area contributed by atoms with E-state index in [-0.39, 0.29) is 29.7 Å². The van der Waals surface area contributed by atoms with Crippen molar-refractivity contribution in [1.82, 2.24) is 5.32 Å². The number of ether oxygens (including phenoxy) is 2. The number of hydrogen-bond donors (Lipinski definition) is 2. The van der Waals surface area contributed by atoms with Gasteiger partial charge in [0.15, 0.2) is 11.5 Å². The van der Waals surface area contributed by atoms with Gasteiger partial charge in [-0.05, 0) is 36.8 Å².